The van der Waals surface area contributed by atoms with Gasteiger partial charge in [-0.2, -0.15) is 0 Å². The molecule has 5 nitrogen and oxygen atoms in total. The number of ether oxygens (including phenoxy) is 1. The van der Waals surface area contributed by atoms with E-state index in [1.165, 1.54) is 29.3 Å². The fraction of sp³-hybridized carbons (Fsp3) is 0.458. The van der Waals surface area contributed by atoms with Crippen LogP contribution in [0.5, 0.6) is 5.75 Å². The molecular weight excluding hydrogens is 362 g/mol. The number of hydrogen-bond acceptors (Lipinski definition) is 4. The minimum atomic E-state index is 0.784. The van der Waals surface area contributed by atoms with Crippen LogP contribution in [0.1, 0.15) is 31.7 Å². The number of methoxy groups -OCH3 is 1. The number of hydrogen-bond donors (Lipinski definition) is 0. The molecule has 0 aliphatic carbocycles. The molecule has 0 unspecified atom stereocenters. The first-order valence-electron chi connectivity index (χ1n) is 10.3. The number of aryl methyl sites for hydroxylation is 1. The molecule has 29 heavy (non-hydrogen) atoms. The van der Waals surface area contributed by atoms with Gasteiger partial charge in [0, 0.05) is 49.6 Å². The number of benzene rings is 1. The van der Waals surface area contributed by atoms with Gasteiger partial charge in [0.2, 0.25) is 0 Å². The summed E-state index contributed by atoms with van der Waals surface area (Å²) in [7, 11) is 8.00. The van der Waals surface area contributed by atoms with Crippen molar-refractivity contribution in [3.63, 3.8) is 0 Å². The SMILES string of the molecule is CCCCN1C=CCC(C=O)=C1.COc1ccc2c(CCN(C)C)cn(C)c2c1. The number of likely N-dealkylation sites (N-methyl/N-ethyl adjacent to an activating group) is 1. The van der Waals surface area contributed by atoms with E-state index < -0.39 is 0 Å². The second-order valence-electron chi connectivity index (χ2n) is 7.70. The summed E-state index contributed by atoms with van der Waals surface area (Å²) in [5, 5.41) is 1.33. The van der Waals surface area contributed by atoms with Crippen LogP contribution in [0.15, 0.2) is 48.4 Å². The summed E-state index contributed by atoms with van der Waals surface area (Å²) >= 11 is 0. The summed E-state index contributed by atoms with van der Waals surface area (Å²) in [5.41, 5.74) is 3.51. The van der Waals surface area contributed by atoms with E-state index in [9.17, 15) is 4.79 Å². The Hall–Kier alpha value is -2.53. The van der Waals surface area contributed by atoms with Gasteiger partial charge in [-0.3, -0.25) is 4.79 Å². The quantitative estimate of drug-likeness (QED) is 0.620. The topological polar surface area (TPSA) is 37.7 Å². The molecule has 1 aromatic carbocycles. The van der Waals surface area contributed by atoms with Gasteiger partial charge in [-0.25, -0.2) is 0 Å². The Morgan fingerprint density at radius 3 is 2.72 bits per heavy atom. The van der Waals surface area contributed by atoms with Crippen molar-refractivity contribution < 1.29 is 9.53 Å². The Balaban J connectivity index is 0.000000221. The predicted octanol–water partition coefficient (Wildman–Crippen LogP) is 4.38. The van der Waals surface area contributed by atoms with Gasteiger partial charge in [-0.05, 0) is 57.3 Å². The summed E-state index contributed by atoms with van der Waals surface area (Å²) in [5.74, 6) is 0.915. The van der Waals surface area contributed by atoms with E-state index in [4.69, 9.17) is 4.74 Å². The average molecular weight is 398 g/mol. The summed E-state index contributed by atoms with van der Waals surface area (Å²) in [6.07, 6.45) is 13.4. The molecule has 0 atom stereocenters. The van der Waals surface area contributed by atoms with E-state index in [1.807, 2.05) is 24.5 Å². The lowest BCUT2D eigenvalue weighted by molar-refractivity contribution is -0.105. The van der Waals surface area contributed by atoms with Crippen molar-refractivity contribution in [3.8, 4) is 5.75 Å². The molecule has 2 heterocycles. The first-order valence-corrected chi connectivity index (χ1v) is 10.3. The fourth-order valence-corrected chi connectivity index (χ4v) is 3.31. The lowest BCUT2D eigenvalue weighted by Gasteiger charge is -2.18. The third-order valence-corrected chi connectivity index (χ3v) is 5.01. The maximum absolute atomic E-state index is 10.5. The molecule has 158 valence electrons. The minimum absolute atomic E-state index is 0.784. The van der Waals surface area contributed by atoms with E-state index in [2.05, 4.69) is 60.8 Å². The largest absolute Gasteiger partial charge is 0.497 e. The normalized spacial score (nSPS) is 13.3. The van der Waals surface area contributed by atoms with Gasteiger partial charge >= 0.3 is 0 Å². The monoisotopic (exact) mass is 397 g/mol. The van der Waals surface area contributed by atoms with Crippen molar-refractivity contribution >= 4 is 17.2 Å². The van der Waals surface area contributed by atoms with Crippen LogP contribution in [0.3, 0.4) is 0 Å². The second kappa shape index (κ2) is 11.5. The van der Waals surface area contributed by atoms with Crippen LogP contribution in [0.25, 0.3) is 10.9 Å². The van der Waals surface area contributed by atoms with Gasteiger partial charge in [0.05, 0.1) is 12.6 Å². The molecule has 2 aromatic rings. The van der Waals surface area contributed by atoms with Crippen molar-refractivity contribution in [2.75, 3.05) is 34.3 Å². The Bertz CT molecular complexity index is 849. The van der Waals surface area contributed by atoms with Crippen LogP contribution in [0.4, 0.5) is 0 Å². The first kappa shape index (κ1) is 22.8. The van der Waals surface area contributed by atoms with Crippen molar-refractivity contribution in [2.24, 2.45) is 7.05 Å². The van der Waals surface area contributed by atoms with Gasteiger partial charge in [0.1, 0.15) is 12.0 Å². The molecule has 0 spiro atoms. The lowest BCUT2D eigenvalue weighted by Crippen LogP contribution is -2.14. The van der Waals surface area contributed by atoms with Crippen LogP contribution < -0.4 is 4.74 Å². The fourth-order valence-electron chi connectivity index (χ4n) is 3.31. The molecule has 0 radical (unpaired) electrons. The third kappa shape index (κ3) is 6.79. The molecule has 5 heteroatoms. The van der Waals surface area contributed by atoms with Crippen LogP contribution in [-0.4, -0.2) is 54.9 Å². The first-order chi connectivity index (χ1) is 14.0. The molecule has 0 fully saturated rings. The molecule has 1 aromatic heterocycles. The minimum Gasteiger partial charge on any atom is -0.497 e. The standard InChI is InChI=1S/C14H20N2O.C10H15NO/c1-15(2)8-7-11-10-16(3)14-9-12(17-4)5-6-13(11)14;1-2-3-6-11-7-4-5-10(8-11)9-12/h5-6,9-10H,7-8H2,1-4H3;4,7-9H,2-3,5-6H2,1H3. The molecule has 1 aliphatic heterocycles. The number of aromatic nitrogens is 1. The van der Waals surface area contributed by atoms with Gasteiger partial charge in [0.15, 0.2) is 0 Å². The van der Waals surface area contributed by atoms with Crippen LogP contribution in [0, 0.1) is 0 Å². The summed E-state index contributed by atoms with van der Waals surface area (Å²) < 4.78 is 7.43. The Kier molecular flexibility index (Phi) is 9.00. The predicted molar refractivity (Wildman–Crippen MR) is 121 cm³/mol. The number of carbonyl (C=O) groups is 1. The molecule has 0 amide bonds. The second-order valence-corrected chi connectivity index (χ2v) is 7.70. The molecule has 0 N–H and O–H groups in total. The Morgan fingerprint density at radius 1 is 1.28 bits per heavy atom. The lowest BCUT2D eigenvalue weighted by atomic mass is 10.1. The number of nitrogens with zero attached hydrogens (tertiary/aromatic N) is 3. The highest BCUT2D eigenvalue weighted by Gasteiger charge is 2.07. The maximum Gasteiger partial charge on any atom is 0.147 e. The zero-order valence-electron chi connectivity index (χ0n) is 18.5. The van der Waals surface area contributed by atoms with E-state index in [-0.39, 0.29) is 0 Å². The molecule has 0 saturated carbocycles. The van der Waals surface area contributed by atoms with Gasteiger partial charge in [-0.1, -0.05) is 19.4 Å². The van der Waals surface area contributed by atoms with Crippen LogP contribution >= 0.6 is 0 Å². The summed E-state index contributed by atoms with van der Waals surface area (Å²) in [6, 6.07) is 6.27. The summed E-state index contributed by atoms with van der Waals surface area (Å²) in [6.45, 7) is 4.26. The zero-order valence-corrected chi connectivity index (χ0v) is 18.5. The van der Waals surface area contributed by atoms with Crippen molar-refractivity contribution in [2.45, 2.75) is 32.6 Å². The Labute approximate surface area is 175 Å². The molecule has 0 saturated heterocycles. The molecular formula is C24H35N3O2. The molecule has 1 aliphatic rings. The number of unbranched alkanes of at least 4 members (excludes halogenated alkanes) is 1. The average Bonchev–Trinajstić information content (AvgIpc) is 3.06. The maximum atomic E-state index is 10.5. The number of carbonyl (C=O) groups excluding carboxylic acids is 1. The zero-order chi connectivity index (χ0) is 21.2. The van der Waals surface area contributed by atoms with Crippen molar-refractivity contribution in [1.29, 1.82) is 0 Å². The van der Waals surface area contributed by atoms with Crippen molar-refractivity contribution in [1.82, 2.24) is 14.4 Å². The van der Waals surface area contributed by atoms with Crippen LogP contribution in [0.2, 0.25) is 0 Å². The van der Waals surface area contributed by atoms with Gasteiger partial charge < -0.3 is 19.1 Å². The van der Waals surface area contributed by atoms with Crippen LogP contribution in [-0.2, 0) is 18.3 Å². The molecule has 0 bridgehead atoms. The van der Waals surface area contributed by atoms with E-state index in [0.717, 1.165) is 43.5 Å². The number of allylic oxidation sites excluding steroid dienone is 2. The van der Waals surface area contributed by atoms with E-state index in [1.54, 1.807) is 7.11 Å². The van der Waals surface area contributed by atoms with Gasteiger partial charge in [0.25, 0.3) is 0 Å². The van der Waals surface area contributed by atoms with E-state index >= 15 is 0 Å². The highest BCUT2D eigenvalue weighted by atomic mass is 16.5. The number of rotatable bonds is 8. The highest BCUT2D eigenvalue weighted by molar-refractivity contribution is 5.85. The number of fused-ring (bicyclic) bond motifs is 1. The number of aldehydes is 1. The highest BCUT2D eigenvalue weighted by Crippen LogP contribution is 2.25. The Morgan fingerprint density at radius 2 is 2.07 bits per heavy atom. The summed E-state index contributed by atoms with van der Waals surface area (Å²) in [4.78, 5) is 14.7. The molecule has 3 rings (SSSR count). The third-order valence-electron chi connectivity index (χ3n) is 5.01. The van der Waals surface area contributed by atoms with Gasteiger partial charge in [-0.15, -0.1) is 0 Å². The van der Waals surface area contributed by atoms with E-state index in [0.29, 0.717) is 0 Å². The smallest absolute Gasteiger partial charge is 0.147 e. The van der Waals surface area contributed by atoms with Crippen molar-refractivity contribution in [3.05, 3.63) is 54.0 Å².